The van der Waals surface area contributed by atoms with Crippen LogP contribution in [0.25, 0.3) is 0 Å². The fourth-order valence-corrected chi connectivity index (χ4v) is 3.75. The summed E-state index contributed by atoms with van der Waals surface area (Å²) in [5.41, 5.74) is 0. The van der Waals surface area contributed by atoms with Gasteiger partial charge in [-0.2, -0.15) is 0 Å². The van der Waals surface area contributed by atoms with Gasteiger partial charge in [0.05, 0.1) is 0 Å². The van der Waals surface area contributed by atoms with Crippen molar-refractivity contribution in [3.05, 3.63) is 0 Å². The van der Waals surface area contributed by atoms with E-state index in [1.807, 2.05) is 0 Å². The van der Waals surface area contributed by atoms with Gasteiger partial charge < -0.3 is 5.32 Å². The fourth-order valence-electron chi connectivity index (χ4n) is 3.75. The van der Waals surface area contributed by atoms with Gasteiger partial charge in [0, 0.05) is 12.1 Å². The van der Waals surface area contributed by atoms with Gasteiger partial charge in [-0.15, -0.1) is 0 Å². The summed E-state index contributed by atoms with van der Waals surface area (Å²) in [7, 11) is 0. The molecule has 1 heteroatoms. The molecule has 4 atom stereocenters. The van der Waals surface area contributed by atoms with E-state index in [0.29, 0.717) is 0 Å². The minimum Gasteiger partial charge on any atom is -0.311 e. The quantitative estimate of drug-likeness (QED) is 0.754. The van der Waals surface area contributed by atoms with Crippen molar-refractivity contribution in [2.75, 3.05) is 0 Å². The molecule has 0 amide bonds. The first-order valence-electron chi connectivity index (χ1n) is 7.87. The molecule has 0 aromatic rings. The molecule has 2 fully saturated rings. The lowest BCUT2D eigenvalue weighted by Gasteiger charge is -2.40. The molecule has 100 valence electrons. The number of hydrogen-bond acceptors (Lipinski definition) is 1. The minimum absolute atomic E-state index is 0.796. The summed E-state index contributed by atoms with van der Waals surface area (Å²) in [6, 6.07) is 1.61. The molecule has 0 heterocycles. The molecule has 0 aliphatic heterocycles. The molecule has 4 unspecified atom stereocenters. The molecule has 0 radical (unpaired) electrons. The van der Waals surface area contributed by atoms with E-state index in [9.17, 15) is 0 Å². The van der Waals surface area contributed by atoms with Crippen LogP contribution < -0.4 is 5.32 Å². The van der Waals surface area contributed by atoms with Crippen LogP contribution in [0.15, 0.2) is 0 Å². The second-order valence-electron chi connectivity index (χ2n) is 6.95. The van der Waals surface area contributed by atoms with Crippen molar-refractivity contribution in [2.24, 2.45) is 23.7 Å². The van der Waals surface area contributed by atoms with Gasteiger partial charge in [0.1, 0.15) is 0 Å². The maximum absolute atomic E-state index is 4.03. The largest absolute Gasteiger partial charge is 0.311 e. The van der Waals surface area contributed by atoms with Gasteiger partial charge >= 0.3 is 0 Å². The lowest BCUT2D eigenvalue weighted by molar-refractivity contribution is 0.154. The summed E-state index contributed by atoms with van der Waals surface area (Å²) in [6.45, 7) is 9.61. The molecule has 0 aromatic carbocycles. The normalized spacial score (nSPS) is 36.2. The Kier molecular flexibility index (Phi) is 4.52. The zero-order valence-electron chi connectivity index (χ0n) is 12.2. The van der Waals surface area contributed by atoms with Gasteiger partial charge in [-0.1, -0.05) is 34.1 Å². The highest BCUT2D eigenvalue weighted by atomic mass is 15.0. The van der Waals surface area contributed by atoms with Crippen molar-refractivity contribution in [3.63, 3.8) is 0 Å². The molecule has 0 aromatic heterocycles. The number of rotatable bonds is 5. The van der Waals surface area contributed by atoms with Crippen LogP contribution in [0, 0.1) is 23.7 Å². The van der Waals surface area contributed by atoms with E-state index >= 15 is 0 Å². The van der Waals surface area contributed by atoms with Gasteiger partial charge in [-0.3, -0.25) is 0 Å². The van der Waals surface area contributed by atoms with E-state index < -0.39 is 0 Å². The molecule has 2 aliphatic carbocycles. The molecule has 0 spiro atoms. The summed E-state index contributed by atoms with van der Waals surface area (Å²) >= 11 is 0. The second-order valence-corrected chi connectivity index (χ2v) is 6.95. The Hall–Kier alpha value is -0.0400. The van der Waals surface area contributed by atoms with Crippen LogP contribution in [0.1, 0.15) is 66.2 Å². The van der Waals surface area contributed by atoms with E-state index in [1.54, 1.807) is 0 Å². The molecule has 1 N–H and O–H groups in total. The van der Waals surface area contributed by atoms with Gasteiger partial charge in [-0.05, 0) is 55.8 Å². The van der Waals surface area contributed by atoms with Gasteiger partial charge in [0.25, 0.3) is 0 Å². The minimum atomic E-state index is 0.796. The summed E-state index contributed by atoms with van der Waals surface area (Å²) in [5, 5.41) is 4.03. The summed E-state index contributed by atoms with van der Waals surface area (Å²) < 4.78 is 0. The second kappa shape index (κ2) is 5.73. The highest BCUT2D eigenvalue weighted by Crippen LogP contribution is 2.38. The van der Waals surface area contributed by atoms with Crippen LogP contribution in [0.2, 0.25) is 0 Å². The van der Waals surface area contributed by atoms with Gasteiger partial charge in [-0.25, -0.2) is 0 Å². The van der Waals surface area contributed by atoms with Crippen molar-refractivity contribution >= 4 is 0 Å². The summed E-state index contributed by atoms with van der Waals surface area (Å²) in [6.07, 6.45) is 8.56. The Balaban J connectivity index is 1.93. The molecule has 0 bridgehead atoms. The third-order valence-corrected chi connectivity index (χ3v) is 5.08. The van der Waals surface area contributed by atoms with Crippen molar-refractivity contribution in [2.45, 2.75) is 78.3 Å². The smallest absolute Gasteiger partial charge is 0.0103 e. The van der Waals surface area contributed by atoms with Crippen LogP contribution in [0.3, 0.4) is 0 Å². The zero-order valence-corrected chi connectivity index (χ0v) is 12.2. The lowest BCUT2D eigenvalue weighted by atomic mass is 9.73. The average Bonchev–Trinajstić information content (AvgIpc) is 3.09. The number of nitrogens with one attached hydrogen (secondary N) is 1. The van der Waals surface area contributed by atoms with E-state index in [0.717, 1.165) is 35.8 Å². The van der Waals surface area contributed by atoms with E-state index in [4.69, 9.17) is 0 Å². The van der Waals surface area contributed by atoms with Crippen LogP contribution in [0.4, 0.5) is 0 Å². The van der Waals surface area contributed by atoms with Gasteiger partial charge in [0.15, 0.2) is 0 Å². The molecule has 0 saturated heterocycles. The fraction of sp³-hybridized carbons (Fsp3) is 1.00. The molecule has 2 rings (SSSR count). The molecule has 2 saturated carbocycles. The standard InChI is InChI=1S/C16H31N/c1-5-15(13-7-8-13)17-16-10-12(4)6-9-14(16)11(2)3/h11-17H,5-10H2,1-4H3. The third-order valence-electron chi connectivity index (χ3n) is 5.08. The number of hydrogen-bond donors (Lipinski definition) is 1. The SMILES string of the molecule is CCC(NC1CC(C)CCC1C(C)C)C1CC1. The predicted octanol–water partition coefficient (Wildman–Crippen LogP) is 4.23. The van der Waals surface area contributed by atoms with Crippen LogP contribution in [0.5, 0.6) is 0 Å². The average molecular weight is 237 g/mol. The van der Waals surface area contributed by atoms with E-state index in [-0.39, 0.29) is 0 Å². The highest BCUT2D eigenvalue weighted by Gasteiger charge is 2.36. The molecular weight excluding hydrogens is 206 g/mol. The predicted molar refractivity (Wildman–Crippen MR) is 75.1 cm³/mol. The third kappa shape index (κ3) is 3.47. The Morgan fingerprint density at radius 3 is 2.35 bits per heavy atom. The van der Waals surface area contributed by atoms with Crippen LogP contribution in [-0.2, 0) is 0 Å². The Bertz CT molecular complexity index is 232. The first-order valence-corrected chi connectivity index (χ1v) is 7.87. The van der Waals surface area contributed by atoms with Crippen molar-refractivity contribution in [3.8, 4) is 0 Å². The van der Waals surface area contributed by atoms with Crippen molar-refractivity contribution in [1.82, 2.24) is 5.32 Å². The van der Waals surface area contributed by atoms with Gasteiger partial charge in [0.2, 0.25) is 0 Å². The van der Waals surface area contributed by atoms with Crippen molar-refractivity contribution < 1.29 is 0 Å². The Morgan fingerprint density at radius 1 is 1.12 bits per heavy atom. The monoisotopic (exact) mass is 237 g/mol. The van der Waals surface area contributed by atoms with E-state index in [2.05, 4.69) is 33.0 Å². The molecule has 17 heavy (non-hydrogen) atoms. The van der Waals surface area contributed by atoms with Crippen LogP contribution in [-0.4, -0.2) is 12.1 Å². The van der Waals surface area contributed by atoms with E-state index in [1.165, 1.54) is 38.5 Å². The molecular formula is C16H31N. The van der Waals surface area contributed by atoms with Crippen LogP contribution >= 0.6 is 0 Å². The maximum Gasteiger partial charge on any atom is 0.0103 e. The molecule has 2 aliphatic rings. The first-order chi connectivity index (χ1) is 8.11. The van der Waals surface area contributed by atoms with Crippen molar-refractivity contribution in [1.29, 1.82) is 0 Å². The Morgan fingerprint density at radius 2 is 1.82 bits per heavy atom. The zero-order chi connectivity index (χ0) is 12.4. The highest BCUT2D eigenvalue weighted by molar-refractivity contribution is 4.92. The lowest BCUT2D eigenvalue weighted by Crippen LogP contribution is -2.48. The first kappa shape index (κ1) is 13.4. The Labute approximate surface area is 108 Å². The summed E-state index contributed by atoms with van der Waals surface area (Å²) in [5.74, 6) is 3.69. The summed E-state index contributed by atoms with van der Waals surface area (Å²) in [4.78, 5) is 0. The molecule has 1 nitrogen and oxygen atoms in total. The topological polar surface area (TPSA) is 12.0 Å². The maximum atomic E-state index is 4.03.